The number of ether oxygens (including phenoxy) is 1. The number of hydrogen-bond acceptors (Lipinski definition) is 5. The van der Waals surface area contributed by atoms with Crippen LogP contribution in [0, 0.1) is 13.8 Å². The Bertz CT molecular complexity index is 1570. The zero-order valence-corrected chi connectivity index (χ0v) is 27.1. The molecule has 7 heteroatoms. The van der Waals surface area contributed by atoms with Crippen LogP contribution in [-0.4, -0.2) is 55.7 Å². The molecule has 2 aliphatic rings. The second-order valence-corrected chi connectivity index (χ2v) is 12.6. The molecule has 2 heterocycles. The van der Waals surface area contributed by atoms with Crippen LogP contribution in [0.25, 0.3) is 12.2 Å². The number of fused-ring (bicyclic) bond motifs is 1. The van der Waals surface area contributed by atoms with Gasteiger partial charge in [-0.2, -0.15) is 0 Å². The number of rotatable bonds is 10. The topological polar surface area (TPSA) is 77.7 Å². The van der Waals surface area contributed by atoms with Gasteiger partial charge in [0.1, 0.15) is 0 Å². The number of benzene rings is 2. The van der Waals surface area contributed by atoms with Crippen molar-refractivity contribution in [3.8, 4) is 0 Å². The Kier molecular flexibility index (Phi) is 10.4. The van der Waals surface area contributed by atoms with Crippen LogP contribution in [0.1, 0.15) is 87.6 Å². The number of carbonyl (C=O) groups excluding carboxylic acids is 1. The molecule has 2 aromatic carbocycles. The van der Waals surface area contributed by atoms with Crippen LogP contribution in [-0.2, 0) is 30.7 Å². The molecule has 0 unspecified atom stereocenters. The van der Waals surface area contributed by atoms with E-state index in [1.807, 2.05) is 19.9 Å². The molecule has 234 valence electrons. The van der Waals surface area contributed by atoms with Gasteiger partial charge in [-0.05, 0) is 119 Å². The minimum Gasteiger partial charge on any atom is -0.381 e. The maximum absolute atomic E-state index is 13.9. The lowest BCUT2D eigenvalue weighted by Crippen LogP contribution is -2.40. The first-order valence-corrected chi connectivity index (χ1v) is 16.2. The number of amides is 1. The molecule has 3 aromatic rings. The summed E-state index contributed by atoms with van der Waals surface area (Å²) < 4.78 is 5.66. The lowest BCUT2D eigenvalue weighted by Gasteiger charge is -2.36. The molecule has 0 bridgehead atoms. The summed E-state index contributed by atoms with van der Waals surface area (Å²) in [5, 5.41) is 3.11. The van der Waals surface area contributed by atoms with Gasteiger partial charge in [0.2, 0.25) is 0 Å². The number of pyridine rings is 1. The number of nitrogens with zero attached hydrogens (tertiary/aromatic N) is 2. The van der Waals surface area contributed by atoms with E-state index >= 15 is 0 Å². The lowest BCUT2D eigenvalue weighted by molar-refractivity contribution is 0.0845. The summed E-state index contributed by atoms with van der Waals surface area (Å²) in [6, 6.07) is 13.1. The Hall–Kier alpha value is -3.68. The predicted molar refractivity (Wildman–Crippen MR) is 180 cm³/mol. The van der Waals surface area contributed by atoms with E-state index in [0.717, 1.165) is 98.5 Å². The second kappa shape index (κ2) is 14.4. The highest BCUT2D eigenvalue weighted by molar-refractivity contribution is 5.98. The smallest absolute Gasteiger partial charge is 0.253 e. The summed E-state index contributed by atoms with van der Waals surface area (Å²) >= 11 is 0. The monoisotopic (exact) mass is 596 g/mol. The Morgan fingerprint density at radius 3 is 2.52 bits per heavy atom. The number of aromatic nitrogens is 1. The standard InChI is InChI=1S/C37H48N4O3/c1-6-41(30-16-18-44-19-17-30)35-22-28(15-14-27-10-9-11-29(20-27)24-40(4)5)21-32(26(35)3)36(42)38-23-33-25(2)31-12-7-8-13-34(31)39-37(33)43/h9-11,14-15,20-22,30H,6-8,12-13,16-19,23-24H2,1-5H3,(H,38,42)(H,39,43)/b15-14+. The summed E-state index contributed by atoms with van der Waals surface area (Å²) in [7, 11) is 4.15. The Morgan fingerprint density at radius 1 is 1.02 bits per heavy atom. The van der Waals surface area contributed by atoms with Gasteiger partial charge in [0.05, 0.1) is 0 Å². The molecule has 1 fully saturated rings. The number of nitrogens with one attached hydrogen (secondary N) is 2. The van der Waals surface area contributed by atoms with Crippen LogP contribution in [0.5, 0.6) is 0 Å². The van der Waals surface area contributed by atoms with E-state index in [0.29, 0.717) is 17.2 Å². The molecule has 1 aliphatic heterocycles. The maximum Gasteiger partial charge on any atom is 0.253 e. The fourth-order valence-corrected chi connectivity index (χ4v) is 6.82. The third kappa shape index (κ3) is 7.33. The largest absolute Gasteiger partial charge is 0.381 e. The Labute approximate surface area is 262 Å². The van der Waals surface area contributed by atoms with Gasteiger partial charge in [0.25, 0.3) is 11.5 Å². The van der Waals surface area contributed by atoms with Crippen LogP contribution < -0.4 is 15.8 Å². The Morgan fingerprint density at radius 2 is 1.77 bits per heavy atom. The van der Waals surface area contributed by atoms with E-state index in [1.54, 1.807) is 0 Å². The molecule has 0 radical (unpaired) electrons. The quantitative estimate of drug-likeness (QED) is 0.279. The summed E-state index contributed by atoms with van der Waals surface area (Å²) in [6.45, 7) is 9.68. The van der Waals surface area contributed by atoms with Gasteiger partial charge in [0.15, 0.2) is 0 Å². The fourth-order valence-electron chi connectivity index (χ4n) is 6.82. The van der Waals surface area contributed by atoms with E-state index in [9.17, 15) is 9.59 Å². The SMILES string of the molecule is CCN(c1cc(/C=C/c2cccc(CN(C)C)c2)cc(C(=O)NCc2c(C)c3c([nH]c2=O)CCCC3)c1C)C1CCOCC1. The van der Waals surface area contributed by atoms with Gasteiger partial charge in [-0.25, -0.2) is 0 Å². The average molecular weight is 597 g/mol. The number of aromatic amines is 1. The van der Waals surface area contributed by atoms with Crippen molar-refractivity contribution in [2.45, 2.75) is 78.4 Å². The van der Waals surface area contributed by atoms with E-state index in [1.165, 1.54) is 11.1 Å². The van der Waals surface area contributed by atoms with Crippen LogP contribution in [0.3, 0.4) is 0 Å². The molecular formula is C37H48N4O3. The summed E-state index contributed by atoms with van der Waals surface area (Å²) in [5.41, 5.74) is 9.92. The molecule has 44 heavy (non-hydrogen) atoms. The van der Waals surface area contributed by atoms with Crippen molar-refractivity contribution in [3.63, 3.8) is 0 Å². The van der Waals surface area contributed by atoms with Gasteiger partial charge < -0.3 is 24.8 Å². The van der Waals surface area contributed by atoms with Crippen LogP contribution >= 0.6 is 0 Å². The maximum atomic E-state index is 13.9. The summed E-state index contributed by atoms with van der Waals surface area (Å²) in [5.74, 6) is -0.161. The van der Waals surface area contributed by atoms with E-state index < -0.39 is 0 Å². The number of anilines is 1. The molecule has 5 rings (SSSR count). The van der Waals surface area contributed by atoms with Gasteiger partial charge >= 0.3 is 0 Å². The molecule has 0 atom stereocenters. The van der Waals surface area contributed by atoms with Crippen molar-refractivity contribution in [3.05, 3.63) is 97.0 Å². The molecule has 1 aliphatic carbocycles. The van der Waals surface area contributed by atoms with Crippen LogP contribution in [0.15, 0.2) is 41.2 Å². The fraction of sp³-hybridized carbons (Fsp3) is 0.459. The highest BCUT2D eigenvalue weighted by Gasteiger charge is 2.25. The molecule has 1 saturated heterocycles. The first-order valence-electron chi connectivity index (χ1n) is 16.2. The average Bonchev–Trinajstić information content (AvgIpc) is 3.01. The van der Waals surface area contributed by atoms with Crippen molar-refractivity contribution in [1.82, 2.24) is 15.2 Å². The third-order valence-electron chi connectivity index (χ3n) is 9.18. The molecule has 7 nitrogen and oxygen atoms in total. The number of hydrogen-bond donors (Lipinski definition) is 2. The van der Waals surface area contributed by atoms with Crippen LogP contribution in [0.2, 0.25) is 0 Å². The Balaban J connectivity index is 1.47. The minimum atomic E-state index is -0.161. The lowest BCUT2D eigenvalue weighted by atomic mass is 9.90. The zero-order valence-electron chi connectivity index (χ0n) is 27.1. The van der Waals surface area contributed by atoms with Crippen molar-refractivity contribution >= 4 is 23.7 Å². The number of aryl methyl sites for hydroxylation is 1. The molecule has 0 spiro atoms. The number of carbonyl (C=O) groups is 1. The summed E-state index contributed by atoms with van der Waals surface area (Å²) in [6.07, 6.45) is 10.3. The van der Waals surface area contributed by atoms with Gasteiger partial charge in [-0.15, -0.1) is 0 Å². The van der Waals surface area contributed by atoms with Crippen molar-refractivity contribution in [2.24, 2.45) is 0 Å². The summed E-state index contributed by atoms with van der Waals surface area (Å²) in [4.78, 5) is 34.6. The van der Waals surface area contributed by atoms with Gasteiger partial charge in [0, 0.05) is 61.4 Å². The van der Waals surface area contributed by atoms with Gasteiger partial charge in [-0.3, -0.25) is 9.59 Å². The van der Waals surface area contributed by atoms with Crippen molar-refractivity contribution in [2.75, 3.05) is 38.8 Å². The van der Waals surface area contributed by atoms with Gasteiger partial charge in [-0.1, -0.05) is 36.4 Å². The molecule has 1 aromatic heterocycles. The molecule has 2 N–H and O–H groups in total. The van der Waals surface area contributed by atoms with Crippen molar-refractivity contribution in [1.29, 1.82) is 0 Å². The zero-order chi connectivity index (χ0) is 31.2. The first kappa shape index (κ1) is 31.7. The van der Waals surface area contributed by atoms with E-state index in [4.69, 9.17) is 4.74 Å². The number of H-pyrrole nitrogens is 1. The first-order chi connectivity index (χ1) is 21.2. The molecule has 0 saturated carbocycles. The highest BCUT2D eigenvalue weighted by Crippen LogP contribution is 2.31. The van der Waals surface area contributed by atoms with E-state index in [-0.39, 0.29) is 18.0 Å². The van der Waals surface area contributed by atoms with Crippen LogP contribution in [0.4, 0.5) is 5.69 Å². The van der Waals surface area contributed by atoms with Crippen molar-refractivity contribution < 1.29 is 9.53 Å². The van der Waals surface area contributed by atoms with E-state index in [2.05, 4.69) is 83.6 Å². The molecular weight excluding hydrogens is 548 g/mol. The second-order valence-electron chi connectivity index (χ2n) is 12.6. The predicted octanol–water partition coefficient (Wildman–Crippen LogP) is 6.04. The normalized spacial score (nSPS) is 15.5. The molecule has 1 amide bonds. The minimum absolute atomic E-state index is 0.0919. The highest BCUT2D eigenvalue weighted by atomic mass is 16.5. The third-order valence-corrected chi connectivity index (χ3v) is 9.18.